The van der Waals surface area contributed by atoms with E-state index in [-0.39, 0.29) is 0 Å². The molecule has 0 bridgehead atoms. The summed E-state index contributed by atoms with van der Waals surface area (Å²) in [5.41, 5.74) is 1.13. The molecule has 3 rings (SSSR count). The van der Waals surface area contributed by atoms with Crippen LogP contribution in [0.3, 0.4) is 0 Å². The molecule has 19 heavy (non-hydrogen) atoms. The molecule has 0 aliphatic carbocycles. The molecule has 4 nitrogen and oxygen atoms in total. The largest absolute Gasteiger partial charge is 0.339 e. The smallest absolute Gasteiger partial charge is 0.231 e. The van der Waals surface area contributed by atoms with E-state index in [0.717, 1.165) is 35.4 Å². The number of rotatable bonds is 3. The fourth-order valence-electron chi connectivity index (χ4n) is 2.42. The first kappa shape index (κ1) is 12.6. The minimum Gasteiger partial charge on any atom is -0.339 e. The lowest BCUT2D eigenvalue weighted by atomic mass is 9.98. The predicted molar refractivity (Wildman–Crippen MR) is 73.3 cm³/mol. The first-order valence-electron chi connectivity index (χ1n) is 6.50. The average Bonchev–Trinajstić information content (AvgIpc) is 3.01. The highest BCUT2D eigenvalue weighted by Crippen LogP contribution is 2.26. The lowest BCUT2D eigenvalue weighted by Gasteiger charge is -2.07. The molecule has 2 unspecified atom stereocenters. The van der Waals surface area contributed by atoms with Gasteiger partial charge >= 0.3 is 0 Å². The standard InChI is InChI=1S/C14H16ClN3O/c1-9-7-16-8-12(9)14-17-13(18-19-14)6-10-2-4-11(15)5-3-10/h2-5,9,12,16H,6-8H2,1H3. The van der Waals surface area contributed by atoms with Gasteiger partial charge in [0, 0.05) is 18.0 Å². The number of nitrogens with one attached hydrogen (secondary N) is 1. The minimum atomic E-state index is 0.339. The predicted octanol–water partition coefficient (Wildman–Crippen LogP) is 2.64. The molecule has 1 aromatic carbocycles. The number of aromatic nitrogens is 2. The average molecular weight is 278 g/mol. The monoisotopic (exact) mass is 277 g/mol. The topological polar surface area (TPSA) is 51.0 Å². The number of nitrogens with zero attached hydrogens (tertiary/aromatic N) is 2. The van der Waals surface area contributed by atoms with Crippen molar-refractivity contribution in [2.45, 2.75) is 19.3 Å². The van der Waals surface area contributed by atoms with E-state index in [1.165, 1.54) is 0 Å². The molecule has 1 aliphatic rings. The molecule has 1 aromatic heterocycles. The molecule has 0 spiro atoms. The van der Waals surface area contributed by atoms with Crippen molar-refractivity contribution in [2.75, 3.05) is 13.1 Å². The summed E-state index contributed by atoms with van der Waals surface area (Å²) in [6.07, 6.45) is 0.676. The van der Waals surface area contributed by atoms with E-state index in [4.69, 9.17) is 16.1 Å². The Morgan fingerprint density at radius 3 is 2.79 bits per heavy atom. The van der Waals surface area contributed by atoms with Crippen LogP contribution in [0.4, 0.5) is 0 Å². The normalized spacial score (nSPS) is 22.8. The number of hydrogen-bond donors (Lipinski definition) is 1. The van der Waals surface area contributed by atoms with E-state index in [9.17, 15) is 0 Å². The molecule has 2 atom stereocenters. The molecular formula is C14H16ClN3O. The van der Waals surface area contributed by atoms with Crippen LogP contribution in [0.5, 0.6) is 0 Å². The van der Waals surface area contributed by atoms with Crippen LogP contribution in [-0.4, -0.2) is 23.2 Å². The van der Waals surface area contributed by atoms with Crippen molar-refractivity contribution in [3.05, 3.63) is 46.6 Å². The molecule has 0 amide bonds. The van der Waals surface area contributed by atoms with Crippen LogP contribution < -0.4 is 5.32 Å². The van der Waals surface area contributed by atoms with Gasteiger partial charge in [-0.3, -0.25) is 0 Å². The summed E-state index contributed by atoms with van der Waals surface area (Å²) in [4.78, 5) is 4.51. The van der Waals surface area contributed by atoms with Crippen LogP contribution in [0.1, 0.15) is 30.1 Å². The molecule has 5 heteroatoms. The van der Waals surface area contributed by atoms with Gasteiger partial charge in [-0.25, -0.2) is 0 Å². The Labute approximate surface area is 117 Å². The van der Waals surface area contributed by atoms with Crippen molar-refractivity contribution in [3.8, 4) is 0 Å². The quantitative estimate of drug-likeness (QED) is 0.937. The highest BCUT2D eigenvalue weighted by molar-refractivity contribution is 6.30. The van der Waals surface area contributed by atoms with E-state index in [0.29, 0.717) is 18.3 Å². The van der Waals surface area contributed by atoms with Crippen LogP contribution in [0.15, 0.2) is 28.8 Å². The summed E-state index contributed by atoms with van der Waals surface area (Å²) in [6.45, 7) is 4.14. The Morgan fingerprint density at radius 1 is 1.32 bits per heavy atom. The molecule has 2 aromatic rings. The zero-order valence-corrected chi connectivity index (χ0v) is 11.5. The zero-order chi connectivity index (χ0) is 13.2. The van der Waals surface area contributed by atoms with Gasteiger partial charge in [0.15, 0.2) is 5.82 Å². The van der Waals surface area contributed by atoms with Crippen molar-refractivity contribution >= 4 is 11.6 Å². The Kier molecular flexibility index (Phi) is 3.53. The Balaban J connectivity index is 1.72. The van der Waals surface area contributed by atoms with E-state index in [1.54, 1.807) is 0 Å². The summed E-state index contributed by atoms with van der Waals surface area (Å²) in [5.74, 6) is 2.37. The summed E-state index contributed by atoms with van der Waals surface area (Å²) < 4.78 is 5.39. The minimum absolute atomic E-state index is 0.339. The molecule has 0 radical (unpaired) electrons. The second-order valence-electron chi connectivity index (χ2n) is 5.09. The number of halogens is 1. The van der Waals surface area contributed by atoms with Gasteiger partial charge in [-0.15, -0.1) is 0 Å². The van der Waals surface area contributed by atoms with Crippen molar-refractivity contribution in [1.29, 1.82) is 0 Å². The van der Waals surface area contributed by atoms with Gasteiger partial charge < -0.3 is 9.84 Å². The molecule has 2 heterocycles. The van der Waals surface area contributed by atoms with Gasteiger partial charge in [-0.1, -0.05) is 35.8 Å². The summed E-state index contributed by atoms with van der Waals surface area (Å²) in [6, 6.07) is 7.72. The van der Waals surface area contributed by atoms with Gasteiger partial charge in [0.1, 0.15) is 0 Å². The van der Waals surface area contributed by atoms with Crippen LogP contribution in [0, 0.1) is 5.92 Å². The summed E-state index contributed by atoms with van der Waals surface area (Å²) >= 11 is 5.86. The first-order chi connectivity index (χ1) is 9.22. The molecule has 1 N–H and O–H groups in total. The van der Waals surface area contributed by atoms with Crippen LogP contribution in [0.25, 0.3) is 0 Å². The zero-order valence-electron chi connectivity index (χ0n) is 10.8. The van der Waals surface area contributed by atoms with Crippen molar-refractivity contribution in [2.24, 2.45) is 5.92 Å². The maximum Gasteiger partial charge on any atom is 0.231 e. The van der Waals surface area contributed by atoms with E-state index in [2.05, 4.69) is 22.4 Å². The van der Waals surface area contributed by atoms with E-state index in [1.807, 2.05) is 24.3 Å². The third-order valence-electron chi connectivity index (χ3n) is 3.59. The van der Waals surface area contributed by atoms with Crippen molar-refractivity contribution < 1.29 is 4.52 Å². The fraction of sp³-hybridized carbons (Fsp3) is 0.429. The second-order valence-corrected chi connectivity index (χ2v) is 5.53. The molecule has 1 fully saturated rings. The third kappa shape index (κ3) is 2.80. The van der Waals surface area contributed by atoms with Crippen LogP contribution in [-0.2, 0) is 6.42 Å². The lowest BCUT2D eigenvalue weighted by Crippen LogP contribution is -2.08. The second kappa shape index (κ2) is 5.31. The highest BCUT2D eigenvalue weighted by Gasteiger charge is 2.29. The Morgan fingerprint density at radius 2 is 2.11 bits per heavy atom. The summed E-state index contributed by atoms with van der Waals surface area (Å²) in [5, 5.41) is 8.15. The Bertz CT molecular complexity index is 552. The van der Waals surface area contributed by atoms with Crippen LogP contribution in [0.2, 0.25) is 5.02 Å². The van der Waals surface area contributed by atoms with Gasteiger partial charge in [-0.2, -0.15) is 4.98 Å². The maximum atomic E-state index is 5.86. The molecule has 100 valence electrons. The van der Waals surface area contributed by atoms with Crippen molar-refractivity contribution in [3.63, 3.8) is 0 Å². The molecular weight excluding hydrogens is 262 g/mol. The number of benzene rings is 1. The van der Waals surface area contributed by atoms with Gasteiger partial charge in [0.05, 0.1) is 5.92 Å². The van der Waals surface area contributed by atoms with E-state index < -0.39 is 0 Å². The lowest BCUT2D eigenvalue weighted by molar-refractivity contribution is 0.337. The van der Waals surface area contributed by atoms with E-state index >= 15 is 0 Å². The third-order valence-corrected chi connectivity index (χ3v) is 3.85. The van der Waals surface area contributed by atoms with Crippen LogP contribution >= 0.6 is 11.6 Å². The molecule has 1 aliphatic heterocycles. The van der Waals surface area contributed by atoms with Crippen molar-refractivity contribution in [1.82, 2.24) is 15.5 Å². The maximum absolute atomic E-state index is 5.86. The van der Waals surface area contributed by atoms with Gasteiger partial charge in [0.25, 0.3) is 0 Å². The van der Waals surface area contributed by atoms with Gasteiger partial charge in [0.2, 0.25) is 5.89 Å². The Hall–Kier alpha value is -1.39. The van der Waals surface area contributed by atoms with Gasteiger partial charge in [-0.05, 0) is 30.2 Å². The summed E-state index contributed by atoms with van der Waals surface area (Å²) in [7, 11) is 0. The fourth-order valence-corrected chi connectivity index (χ4v) is 2.54. The SMILES string of the molecule is CC1CNCC1c1nc(Cc2ccc(Cl)cc2)no1. The first-order valence-corrected chi connectivity index (χ1v) is 6.88. The number of hydrogen-bond acceptors (Lipinski definition) is 4. The highest BCUT2D eigenvalue weighted by atomic mass is 35.5. The molecule has 1 saturated heterocycles. The molecule has 0 saturated carbocycles.